The van der Waals surface area contributed by atoms with Gasteiger partial charge in [-0.2, -0.15) is 0 Å². The van der Waals surface area contributed by atoms with Crippen LogP contribution in [0.3, 0.4) is 0 Å². The summed E-state index contributed by atoms with van der Waals surface area (Å²) in [4.78, 5) is 22.1. The molecule has 0 aromatic rings. The monoisotopic (exact) mass is 218 g/mol. The highest BCUT2D eigenvalue weighted by atomic mass is 35.5. The lowest BCUT2D eigenvalue weighted by Crippen LogP contribution is -2.34. The Balaban J connectivity index is 3.07. The molecule has 70 valence electrons. The van der Waals surface area contributed by atoms with E-state index in [1.165, 1.54) is 0 Å². The minimum atomic E-state index is -1.00. The Morgan fingerprint density at radius 1 is 1.31 bits per heavy atom. The molecule has 0 fully saturated rings. The minimum absolute atomic E-state index is 0.572. The predicted octanol–water partition coefficient (Wildman–Crippen LogP) is 2.27. The summed E-state index contributed by atoms with van der Waals surface area (Å²) in [6.07, 6.45) is 6.52. The summed E-state index contributed by atoms with van der Waals surface area (Å²) in [7, 11) is 0. The van der Waals surface area contributed by atoms with E-state index < -0.39 is 21.8 Å². The third kappa shape index (κ3) is 1.84. The smallest absolute Gasteiger partial charge is 0.232 e. The summed E-state index contributed by atoms with van der Waals surface area (Å²) in [5, 5.41) is -1.15. The van der Waals surface area contributed by atoms with Gasteiger partial charge in [0.25, 0.3) is 0 Å². The van der Waals surface area contributed by atoms with E-state index in [1.807, 2.05) is 0 Å². The summed E-state index contributed by atoms with van der Waals surface area (Å²) in [6, 6.07) is 0. The molecule has 0 spiro atoms. The van der Waals surface area contributed by atoms with Gasteiger partial charge in [0.15, 0.2) is 0 Å². The second kappa shape index (κ2) is 3.64. The molecule has 13 heavy (non-hydrogen) atoms. The first kappa shape index (κ1) is 10.5. The lowest BCUT2D eigenvalue weighted by molar-refractivity contribution is -0.125. The molecule has 4 heteroatoms. The summed E-state index contributed by atoms with van der Waals surface area (Å²) < 4.78 is 0. The van der Waals surface area contributed by atoms with Crippen molar-refractivity contribution < 1.29 is 9.59 Å². The summed E-state index contributed by atoms with van der Waals surface area (Å²) >= 11 is 10.8. The molecule has 0 heterocycles. The molecule has 2 unspecified atom stereocenters. The van der Waals surface area contributed by atoms with Gasteiger partial charge in [-0.05, 0) is 30.1 Å². The molecule has 1 aliphatic rings. The van der Waals surface area contributed by atoms with Gasteiger partial charge in [0.2, 0.25) is 10.5 Å². The Bertz CT molecular complexity index is 307. The number of allylic oxidation sites excluding steroid dienone is 4. The molecule has 1 rings (SSSR count). The second-order valence-corrected chi connectivity index (χ2v) is 3.80. The normalized spacial score (nSPS) is 31.8. The van der Waals surface area contributed by atoms with Crippen LogP contribution in [0.5, 0.6) is 0 Å². The average molecular weight is 219 g/mol. The fourth-order valence-electron chi connectivity index (χ4n) is 1.23. The lowest BCUT2D eigenvalue weighted by atomic mass is 9.76. The van der Waals surface area contributed by atoms with Crippen LogP contribution in [0.1, 0.15) is 6.92 Å². The third-order valence-corrected chi connectivity index (χ3v) is 2.81. The SMILES string of the molecule is CC1(C(=O)Cl)C=CC=CC1C(=O)Cl. The largest absolute Gasteiger partial charge is 0.281 e. The van der Waals surface area contributed by atoms with Crippen molar-refractivity contribution in [3.05, 3.63) is 24.3 Å². The van der Waals surface area contributed by atoms with Crippen LogP contribution in [0, 0.1) is 11.3 Å². The summed E-state index contributed by atoms with van der Waals surface area (Å²) in [5.74, 6) is -0.663. The van der Waals surface area contributed by atoms with Crippen LogP contribution >= 0.6 is 23.2 Å². The lowest BCUT2D eigenvalue weighted by Gasteiger charge is -2.28. The number of rotatable bonds is 2. The molecule has 0 saturated heterocycles. The Kier molecular flexibility index (Phi) is 2.94. The number of hydrogen-bond donors (Lipinski definition) is 0. The molecule has 0 amide bonds. The van der Waals surface area contributed by atoms with E-state index in [0.29, 0.717) is 0 Å². The molecule has 0 saturated carbocycles. The van der Waals surface area contributed by atoms with Gasteiger partial charge in [-0.1, -0.05) is 24.3 Å². The fraction of sp³-hybridized carbons (Fsp3) is 0.333. The number of halogens is 2. The van der Waals surface area contributed by atoms with E-state index in [2.05, 4.69) is 0 Å². The molecule has 0 aliphatic heterocycles. The zero-order chi connectivity index (χ0) is 10.1. The highest BCUT2D eigenvalue weighted by Crippen LogP contribution is 2.36. The number of hydrogen-bond acceptors (Lipinski definition) is 2. The minimum Gasteiger partial charge on any atom is -0.281 e. The van der Waals surface area contributed by atoms with Crippen LogP contribution in [0.25, 0.3) is 0 Å². The van der Waals surface area contributed by atoms with Crippen molar-refractivity contribution in [2.45, 2.75) is 6.92 Å². The van der Waals surface area contributed by atoms with Crippen molar-refractivity contribution in [1.82, 2.24) is 0 Å². The van der Waals surface area contributed by atoms with Crippen molar-refractivity contribution in [3.63, 3.8) is 0 Å². The Morgan fingerprint density at radius 2 is 1.92 bits per heavy atom. The topological polar surface area (TPSA) is 34.1 Å². The van der Waals surface area contributed by atoms with Crippen LogP contribution in [-0.2, 0) is 9.59 Å². The van der Waals surface area contributed by atoms with E-state index >= 15 is 0 Å². The van der Waals surface area contributed by atoms with Gasteiger partial charge in [0.1, 0.15) is 0 Å². The average Bonchev–Trinajstić information content (AvgIpc) is 2.04. The Morgan fingerprint density at radius 3 is 2.31 bits per heavy atom. The molecular formula is C9H8Cl2O2. The molecule has 0 N–H and O–H groups in total. The predicted molar refractivity (Wildman–Crippen MR) is 51.6 cm³/mol. The third-order valence-electron chi connectivity index (χ3n) is 2.17. The van der Waals surface area contributed by atoms with Crippen molar-refractivity contribution >= 4 is 33.7 Å². The standard InChI is InChI=1S/C9H8Cl2O2/c1-9(8(11)13)5-3-2-4-6(9)7(10)12/h2-6H,1H3. The molecule has 0 radical (unpaired) electrons. The maximum Gasteiger partial charge on any atom is 0.232 e. The summed E-state index contributed by atoms with van der Waals surface area (Å²) in [6.45, 7) is 1.59. The van der Waals surface area contributed by atoms with Crippen molar-refractivity contribution in [1.29, 1.82) is 0 Å². The van der Waals surface area contributed by atoms with Gasteiger partial charge in [0.05, 0.1) is 11.3 Å². The fourth-order valence-corrected chi connectivity index (χ4v) is 1.71. The van der Waals surface area contributed by atoms with E-state index in [4.69, 9.17) is 23.2 Å². The van der Waals surface area contributed by atoms with Gasteiger partial charge < -0.3 is 0 Å². The Hall–Kier alpha value is -0.600. The number of carbonyl (C=O) groups is 2. The highest BCUT2D eigenvalue weighted by molar-refractivity contribution is 6.67. The molecule has 2 nitrogen and oxygen atoms in total. The van der Waals surface area contributed by atoms with Crippen LogP contribution in [0.4, 0.5) is 0 Å². The van der Waals surface area contributed by atoms with Gasteiger partial charge in [-0.3, -0.25) is 9.59 Å². The number of carbonyl (C=O) groups excluding carboxylic acids is 2. The molecular weight excluding hydrogens is 211 g/mol. The first-order valence-corrected chi connectivity index (χ1v) is 4.49. The van der Waals surface area contributed by atoms with Crippen molar-refractivity contribution in [2.75, 3.05) is 0 Å². The maximum atomic E-state index is 11.1. The highest BCUT2D eigenvalue weighted by Gasteiger charge is 2.41. The van der Waals surface area contributed by atoms with E-state index in [-0.39, 0.29) is 0 Å². The van der Waals surface area contributed by atoms with Crippen LogP contribution < -0.4 is 0 Å². The van der Waals surface area contributed by atoms with Gasteiger partial charge in [-0.25, -0.2) is 0 Å². The maximum absolute atomic E-state index is 11.1. The van der Waals surface area contributed by atoms with E-state index in [9.17, 15) is 9.59 Å². The molecule has 1 aliphatic carbocycles. The van der Waals surface area contributed by atoms with Crippen LogP contribution in [0.2, 0.25) is 0 Å². The van der Waals surface area contributed by atoms with Gasteiger partial charge in [-0.15, -0.1) is 0 Å². The van der Waals surface area contributed by atoms with Gasteiger partial charge in [0, 0.05) is 0 Å². The quantitative estimate of drug-likeness (QED) is 0.667. The van der Waals surface area contributed by atoms with E-state index in [0.717, 1.165) is 0 Å². The molecule has 0 bridgehead atoms. The zero-order valence-electron chi connectivity index (χ0n) is 6.96. The van der Waals surface area contributed by atoms with Gasteiger partial charge >= 0.3 is 0 Å². The van der Waals surface area contributed by atoms with Crippen molar-refractivity contribution in [3.8, 4) is 0 Å². The molecule has 0 aromatic heterocycles. The molecule has 0 aromatic carbocycles. The van der Waals surface area contributed by atoms with E-state index in [1.54, 1.807) is 31.2 Å². The van der Waals surface area contributed by atoms with Crippen LogP contribution in [-0.4, -0.2) is 10.5 Å². The summed E-state index contributed by atoms with van der Waals surface area (Å²) in [5.41, 5.74) is -1.00. The molecule has 2 atom stereocenters. The van der Waals surface area contributed by atoms with Crippen molar-refractivity contribution in [2.24, 2.45) is 11.3 Å². The first-order chi connectivity index (χ1) is 5.98. The second-order valence-electron chi connectivity index (χ2n) is 3.08. The van der Waals surface area contributed by atoms with Crippen LogP contribution in [0.15, 0.2) is 24.3 Å². The first-order valence-electron chi connectivity index (χ1n) is 3.74. The zero-order valence-corrected chi connectivity index (χ0v) is 8.47. The Labute approximate surface area is 86.2 Å².